The number of anilines is 1. The zero-order valence-electron chi connectivity index (χ0n) is 19.1. The first-order valence-electron chi connectivity index (χ1n) is 11.4. The Labute approximate surface area is 198 Å². The van der Waals surface area contributed by atoms with Crippen molar-refractivity contribution in [3.63, 3.8) is 0 Å². The number of nitrogens with one attached hydrogen (secondary N) is 1. The monoisotopic (exact) mass is 458 g/mol. The summed E-state index contributed by atoms with van der Waals surface area (Å²) in [5.41, 5.74) is 2.78. The molecule has 1 saturated heterocycles. The molecule has 174 valence electrons. The molecule has 1 atom stereocenters. The lowest BCUT2D eigenvalue weighted by atomic mass is 10.0. The number of rotatable bonds is 7. The molecule has 1 N–H and O–H groups in total. The van der Waals surface area contributed by atoms with Crippen LogP contribution < -0.4 is 10.1 Å². The van der Waals surface area contributed by atoms with Crippen molar-refractivity contribution in [3.05, 3.63) is 84.2 Å². The molecule has 0 saturated carbocycles. The first-order valence-corrected chi connectivity index (χ1v) is 11.4. The minimum atomic E-state index is -0.271. The van der Waals surface area contributed by atoms with E-state index in [9.17, 15) is 4.39 Å². The third-order valence-electron chi connectivity index (χ3n) is 6.25. The van der Waals surface area contributed by atoms with Crippen LogP contribution in [0.2, 0.25) is 0 Å². The van der Waals surface area contributed by atoms with Crippen LogP contribution in [0.25, 0.3) is 22.0 Å². The SMILES string of the molecule is COc1ccc([C@@H](CNc2nnc(-c3ccc(F)cc3)c3ccccc23)N2CCOCC2)cc1. The summed E-state index contributed by atoms with van der Waals surface area (Å²) < 4.78 is 24.3. The fraction of sp³-hybridized carbons (Fsp3) is 0.259. The fourth-order valence-corrected chi connectivity index (χ4v) is 4.42. The van der Waals surface area contributed by atoms with E-state index < -0.39 is 0 Å². The molecule has 5 rings (SSSR count). The number of nitrogens with zero attached hydrogens (tertiary/aromatic N) is 3. The van der Waals surface area contributed by atoms with Crippen molar-refractivity contribution in [2.45, 2.75) is 6.04 Å². The number of methoxy groups -OCH3 is 1. The normalized spacial score (nSPS) is 15.2. The van der Waals surface area contributed by atoms with Gasteiger partial charge in [-0.1, -0.05) is 36.4 Å². The summed E-state index contributed by atoms with van der Waals surface area (Å²) in [7, 11) is 1.68. The van der Waals surface area contributed by atoms with E-state index >= 15 is 0 Å². The van der Waals surface area contributed by atoms with Crippen LogP contribution in [0.4, 0.5) is 10.2 Å². The Morgan fingerprint density at radius 3 is 2.35 bits per heavy atom. The number of hydrogen-bond acceptors (Lipinski definition) is 6. The van der Waals surface area contributed by atoms with Crippen LogP contribution in [-0.4, -0.2) is 55.1 Å². The summed E-state index contributed by atoms with van der Waals surface area (Å²) in [6.07, 6.45) is 0. The highest BCUT2D eigenvalue weighted by Gasteiger charge is 2.23. The molecule has 0 radical (unpaired) electrons. The van der Waals surface area contributed by atoms with E-state index in [1.54, 1.807) is 19.2 Å². The molecule has 7 heteroatoms. The van der Waals surface area contributed by atoms with Gasteiger partial charge in [0, 0.05) is 36.0 Å². The van der Waals surface area contributed by atoms with Gasteiger partial charge in [-0.15, -0.1) is 10.2 Å². The van der Waals surface area contributed by atoms with Gasteiger partial charge in [0.25, 0.3) is 0 Å². The quantitative estimate of drug-likeness (QED) is 0.424. The van der Waals surface area contributed by atoms with Gasteiger partial charge in [0.2, 0.25) is 0 Å². The molecule has 4 aromatic rings. The molecule has 34 heavy (non-hydrogen) atoms. The maximum atomic E-state index is 13.4. The van der Waals surface area contributed by atoms with Crippen molar-refractivity contribution >= 4 is 16.6 Å². The molecule has 0 spiro atoms. The van der Waals surface area contributed by atoms with Gasteiger partial charge >= 0.3 is 0 Å². The number of benzene rings is 3. The van der Waals surface area contributed by atoms with Crippen LogP contribution in [0.1, 0.15) is 11.6 Å². The smallest absolute Gasteiger partial charge is 0.156 e. The Morgan fingerprint density at radius 1 is 0.941 bits per heavy atom. The fourth-order valence-electron chi connectivity index (χ4n) is 4.42. The van der Waals surface area contributed by atoms with Crippen molar-refractivity contribution in [1.29, 1.82) is 0 Å². The van der Waals surface area contributed by atoms with Gasteiger partial charge in [-0.3, -0.25) is 4.90 Å². The maximum absolute atomic E-state index is 13.4. The average Bonchev–Trinajstić information content (AvgIpc) is 2.90. The summed E-state index contributed by atoms with van der Waals surface area (Å²) in [6.45, 7) is 3.85. The van der Waals surface area contributed by atoms with Crippen molar-refractivity contribution < 1.29 is 13.9 Å². The molecule has 1 fully saturated rings. The van der Waals surface area contributed by atoms with E-state index in [0.717, 1.165) is 59.9 Å². The van der Waals surface area contributed by atoms with E-state index in [1.807, 2.05) is 36.4 Å². The number of hydrogen-bond donors (Lipinski definition) is 1. The highest BCUT2D eigenvalue weighted by atomic mass is 19.1. The summed E-state index contributed by atoms with van der Waals surface area (Å²) in [5, 5.41) is 14.5. The molecule has 1 aliphatic heterocycles. The Morgan fingerprint density at radius 2 is 1.65 bits per heavy atom. The van der Waals surface area contributed by atoms with Gasteiger partial charge in [0.15, 0.2) is 5.82 Å². The third-order valence-corrected chi connectivity index (χ3v) is 6.25. The molecule has 0 aliphatic carbocycles. The lowest BCUT2D eigenvalue weighted by Gasteiger charge is -2.35. The average molecular weight is 459 g/mol. The van der Waals surface area contributed by atoms with Crippen LogP contribution in [-0.2, 0) is 4.74 Å². The number of aromatic nitrogens is 2. The largest absolute Gasteiger partial charge is 0.497 e. The zero-order chi connectivity index (χ0) is 23.3. The maximum Gasteiger partial charge on any atom is 0.156 e. The van der Waals surface area contributed by atoms with Gasteiger partial charge in [-0.25, -0.2) is 4.39 Å². The summed E-state index contributed by atoms with van der Waals surface area (Å²) in [5.74, 6) is 1.30. The Balaban J connectivity index is 1.44. The second-order valence-electron chi connectivity index (χ2n) is 8.27. The first-order chi connectivity index (χ1) is 16.7. The van der Waals surface area contributed by atoms with Crippen molar-refractivity contribution in [3.8, 4) is 17.0 Å². The van der Waals surface area contributed by atoms with Crippen LogP contribution in [0, 0.1) is 5.82 Å². The molecule has 2 heterocycles. The van der Waals surface area contributed by atoms with Crippen molar-refractivity contribution in [2.75, 3.05) is 45.3 Å². The van der Waals surface area contributed by atoms with E-state index in [0.29, 0.717) is 6.54 Å². The molecule has 1 aromatic heterocycles. The zero-order valence-corrected chi connectivity index (χ0v) is 19.1. The highest BCUT2D eigenvalue weighted by molar-refractivity contribution is 6.00. The standard InChI is InChI=1S/C27H27FN4O2/c1-33-22-12-8-19(9-13-22)25(32-14-16-34-17-15-32)18-29-27-24-5-3-2-4-23(24)26(30-31-27)20-6-10-21(28)11-7-20/h2-13,25H,14-18H2,1H3,(H,29,31)/t25-/m1/s1. The van der Waals surface area contributed by atoms with Gasteiger partial charge in [-0.2, -0.15) is 0 Å². The Hall–Kier alpha value is -3.55. The molecule has 3 aromatic carbocycles. The summed E-state index contributed by atoms with van der Waals surface area (Å²) in [6, 6.07) is 22.8. The molecule has 1 aliphatic rings. The highest BCUT2D eigenvalue weighted by Crippen LogP contribution is 2.31. The Bertz CT molecular complexity index is 1240. The predicted octanol–water partition coefficient (Wildman–Crippen LogP) is 4.93. The van der Waals surface area contributed by atoms with E-state index in [1.165, 1.54) is 17.7 Å². The molecule has 0 unspecified atom stereocenters. The topological polar surface area (TPSA) is 59.5 Å². The van der Waals surface area contributed by atoms with Gasteiger partial charge in [0.1, 0.15) is 17.3 Å². The van der Waals surface area contributed by atoms with Crippen LogP contribution in [0.15, 0.2) is 72.8 Å². The molecule has 6 nitrogen and oxygen atoms in total. The molecule has 0 amide bonds. The van der Waals surface area contributed by atoms with Crippen molar-refractivity contribution in [2.24, 2.45) is 0 Å². The van der Waals surface area contributed by atoms with Gasteiger partial charge in [-0.05, 0) is 42.0 Å². The number of fused-ring (bicyclic) bond motifs is 1. The minimum Gasteiger partial charge on any atom is -0.497 e. The van der Waals surface area contributed by atoms with Gasteiger partial charge in [0.05, 0.1) is 26.4 Å². The molecule has 0 bridgehead atoms. The second kappa shape index (κ2) is 10.2. The second-order valence-corrected chi connectivity index (χ2v) is 8.27. The van der Waals surface area contributed by atoms with Crippen LogP contribution in [0.3, 0.4) is 0 Å². The predicted molar refractivity (Wildman–Crippen MR) is 132 cm³/mol. The summed E-state index contributed by atoms with van der Waals surface area (Å²) >= 11 is 0. The number of ether oxygens (including phenoxy) is 2. The molecular weight excluding hydrogens is 431 g/mol. The third kappa shape index (κ3) is 4.71. The first kappa shape index (κ1) is 22.3. The van der Waals surface area contributed by atoms with Gasteiger partial charge < -0.3 is 14.8 Å². The van der Waals surface area contributed by atoms with Crippen LogP contribution >= 0.6 is 0 Å². The molecular formula is C27H27FN4O2. The Kier molecular flexibility index (Phi) is 6.65. The lowest BCUT2D eigenvalue weighted by Crippen LogP contribution is -2.41. The van der Waals surface area contributed by atoms with Crippen molar-refractivity contribution in [1.82, 2.24) is 15.1 Å². The lowest BCUT2D eigenvalue weighted by molar-refractivity contribution is 0.0187. The summed E-state index contributed by atoms with van der Waals surface area (Å²) in [4.78, 5) is 2.43. The van der Waals surface area contributed by atoms with E-state index in [2.05, 4.69) is 32.5 Å². The van der Waals surface area contributed by atoms with Crippen LogP contribution in [0.5, 0.6) is 5.75 Å². The minimum absolute atomic E-state index is 0.146. The van der Waals surface area contributed by atoms with E-state index in [-0.39, 0.29) is 11.9 Å². The van der Waals surface area contributed by atoms with E-state index in [4.69, 9.17) is 9.47 Å². The number of morpholine rings is 1. The number of halogens is 1.